The van der Waals surface area contributed by atoms with Crippen LogP contribution in [0.5, 0.6) is 5.75 Å². The second kappa shape index (κ2) is 5.99. The van der Waals surface area contributed by atoms with E-state index in [0.717, 1.165) is 6.26 Å². The number of carbonyl (C=O) groups is 1. The Kier molecular flexibility index (Phi) is 5.01. The van der Waals surface area contributed by atoms with Gasteiger partial charge in [-0.15, -0.1) is 0 Å². The van der Waals surface area contributed by atoms with E-state index in [-0.39, 0.29) is 0 Å². The molecule has 0 aromatic heterocycles. The summed E-state index contributed by atoms with van der Waals surface area (Å²) in [6.45, 7) is 2.93. The third-order valence-electron chi connectivity index (χ3n) is 2.42. The zero-order chi connectivity index (χ0) is 15.6. The summed E-state index contributed by atoms with van der Waals surface area (Å²) in [6, 6.07) is 4.74. The minimum absolute atomic E-state index is 0.346. The van der Waals surface area contributed by atoms with Gasteiger partial charge in [0.05, 0.1) is 18.4 Å². The molecule has 1 rings (SSSR count). The zero-order valence-corrected chi connectivity index (χ0v) is 13.2. The molecule has 0 aliphatic heterocycles. The van der Waals surface area contributed by atoms with Gasteiger partial charge in [-0.05, 0) is 32.0 Å². The number of sulfonamides is 1. The molecular formula is C12H17ClN2O4S. The van der Waals surface area contributed by atoms with Crippen LogP contribution in [0.2, 0.25) is 5.02 Å². The first-order valence-corrected chi connectivity index (χ1v) is 7.96. The van der Waals surface area contributed by atoms with E-state index in [1.165, 1.54) is 27.0 Å². The van der Waals surface area contributed by atoms with Crippen molar-refractivity contribution in [2.24, 2.45) is 0 Å². The van der Waals surface area contributed by atoms with Gasteiger partial charge in [0.15, 0.2) is 0 Å². The summed E-state index contributed by atoms with van der Waals surface area (Å²) in [5.74, 6) is -0.0117. The van der Waals surface area contributed by atoms with Crippen LogP contribution in [0.4, 0.5) is 5.69 Å². The van der Waals surface area contributed by atoms with E-state index >= 15 is 0 Å². The summed E-state index contributed by atoms with van der Waals surface area (Å²) in [5.41, 5.74) is -0.829. The highest BCUT2D eigenvalue weighted by molar-refractivity contribution is 7.88. The molecule has 0 radical (unpaired) electrons. The highest BCUT2D eigenvalue weighted by atomic mass is 35.5. The number of benzene rings is 1. The maximum Gasteiger partial charge on any atom is 0.245 e. The van der Waals surface area contributed by atoms with Crippen molar-refractivity contribution in [3.05, 3.63) is 23.2 Å². The van der Waals surface area contributed by atoms with Crippen molar-refractivity contribution in [2.45, 2.75) is 19.4 Å². The topological polar surface area (TPSA) is 84.5 Å². The van der Waals surface area contributed by atoms with Crippen molar-refractivity contribution >= 4 is 33.2 Å². The van der Waals surface area contributed by atoms with E-state index in [0.29, 0.717) is 16.5 Å². The molecule has 0 saturated carbocycles. The van der Waals surface area contributed by atoms with Crippen molar-refractivity contribution in [2.75, 3.05) is 18.7 Å². The maximum absolute atomic E-state index is 12.1. The third-order valence-corrected chi connectivity index (χ3v) is 3.59. The first-order chi connectivity index (χ1) is 9.05. The fourth-order valence-corrected chi connectivity index (χ4v) is 2.82. The Hall–Kier alpha value is -1.31. The molecular weight excluding hydrogens is 304 g/mol. The van der Waals surface area contributed by atoms with Crippen LogP contribution >= 0.6 is 11.6 Å². The maximum atomic E-state index is 12.1. The quantitative estimate of drug-likeness (QED) is 0.863. The fourth-order valence-electron chi connectivity index (χ4n) is 1.54. The van der Waals surface area contributed by atoms with Crippen LogP contribution in [0.25, 0.3) is 0 Å². The van der Waals surface area contributed by atoms with Gasteiger partial charge in [-0.3, -0.25) is 4.79 Å². The van der Waals surface area contributed by atoms with E-state index in [4.69, 9.17) is 16.3 Å². The molecule has 0 aliphatic rings. The van der Waals surface area contributed by atoms with Gasteiger partial charge in [-0.2, -0.15) is 0 Å². The molecule has 0 saturated heterocycles. The first-order valence-electron chi connectivity index (χ1n) is 5.69. The molecule has 112 valence electrons. The van der Waals surface area contributed by atoms with Crippen LogP contribution in [-0.4, -0.2) is 33.2 Å². The Bertz CT molecular complexity index is 614. The number of methoxy groups -OCH3 is 1. The molecule has 1 aromatic rings. The molecule has 0 bridgehead atoms. The zero-order valence-electron chi connectivity index (χ0n) is 11.7. The van der Waals surface area contributed by atoms with Crippen molar-refractivity contribution in [3.63, 3.8) is 0 Å². The minimum atomic E-state index is -3.49. The lowest BCUT2D eigenvalue weighted by Gasteiger charge is -2.24. The van der Waals surface area contributed by atoms with E-state index in [9.17, 15) is 13.2 Å². The van der Waals surface area contributed by atoms with Gasteiger partial charge < -0.3 is 10.1 Å². The smallest absolute Gasteiger partial charge is 0.245 e. The molecule has 2 N–H and O–H groups in total. The molecule has 1 aromatic carbocycles. The van der Waals surface area contributed by atoms with Gasteiger partial charge in [0.2, 0.25) is 15.9 Å². The molecule has 0 spiro atoms. The number of ether oxygens (including phenoxy) is 1. The normalized spacial score (nSPS) is 12.1. The lowest BCUT2D eigenvalue weighted by atomic mass is 10.1. The van der Waals surface area contributed by atoms with Crippen LogP contribution in [0, 0.1) is 0 Å². The van der Waals surface area contributed by atoms with Crippen LogP contribution in [0.3, 0.4) is 0 Å². The summed E-state index contributed by atoms with van der Waals surface area (Å²) >= 11 is 5.95. The molecule has 8 heteroatoms. The molecule has 6 nitrogen and oxygen atoms in total. The van der Waals surface area contributed by atoms with Crippen LogP contribution in [0.15, 0.2) is 18.2 Å². The molecule has 0 unspecified atom stereocenters. The summed E-state index contributed by atoms with van der Waals surface area (Å²) in [6.07, 6.45) is 0.992. The number of hydrogen-bond acceptors (Lipinski definition) is 4. The van der Waals surface area contributed by atoms with Crippen LogP contribution < -0.4 is 14.8 Å². The van der Waals surface area contributed by atoms with E-state index in [1.807, 2.05) is 0 Å². The average Bonchev–Trinajstić information content (AvgIpc) is 2.26. The third kappa shape index (κ3) is 4.66. The Morgan fingerprint density at radius 2 is 1.95 bits per heavy atom. The SMILES string of the molecule is COc1ccc(NC(=O)C(C)(C)NS(C)(=O)=O)cc1Cl. The number of carbonyl (C=O) groups excluding carboxylic acids is 1. The van der Waals surface area contributed by atoms with E-state index in [1.54, 1.807) is 12.1 Å². The number of nitrogens with one attached hydrogen (secondary N) is 2. The van der Waals surface area contributed by atoms with Crippen LogP contribution in [0.1, 0.15) is 13.8 Å². The predicted octanol–water partition coefficient (Wildman–Crippen LogP) is 1.61. The van der Waals surface area contributed by atoms with Crippen LogP contribution in [-0.2, 0) is 14.8 Å². The second-order valence-electron chi connectivity index (χ2n) is 4.80. The standard InChI is InChI=1S/C12H17ClN2O4S/c1-12(2,15-20(4,17)18)11(16)14-8-5-6-10(19-3)9(13)7-8/h5-7,15H,1-4H3,(H,14,16). The first kappa shape index (κ1) is 16.7. The van der Waals surface area contributed by atoms with Crippen molar-refractivity contribution < 1.29 is 17.9 Å². The van der Waals surface area contributed by atoms with Gasteiger partial charge in [0.25, 0.3) is 0 Å². The van der Waals surface area contributed by atoms with E-state index < -0.39 is 21.5 Å². The number of halogens is 1. The second-order valence-corrected chi connectivity index (χ2v) is 6.96. The monoisotopic (exact) mass is 320 g/mol. The molecule has 0 aliphatic carbocycles. The molecule has 20 heavy (non-hydrogen) atoms. The summed E-state index contributed by atoms with van der Waals surface area (Å²) in [5, 5.41) is 2.94. The van der Waals surface area contributed by atoms with E-state index in [2.05, 4.69) is 10.0 Å². The summed E-state index contributed by atoms with van der Waals surface area (Å²) in [7, 11) is -2.01. The highest BCUT2D eigenvalue weighted by Crippen LogP contribution is 2.27. The molecule has 1 amide bonds. The summed E-state index contributed by atoms with van der Waals surface area (Å²) in [4.78, 5) is 12.1. The Labute approximate surface area is 123 Å². The lowest BCUT2D eigenvalue weighted by molar-refractivity contribution is -0.120. The summed E-state index contributed by atoms with van der Waals surface area (Å²) < 4.78 is 29.7. The Morgan fingerprint density at radius 1 is 1.35 bits per heavy atom. The van der Waals surface area contributed by atoms with Gasteiger partial charge in [-0.25, -0.2) is 13.1 Å². The van der Waals surface area contributed by atoms with Crippen molar-refractivity contribution in [1.29, 1.82) is 0 Å². The van der Waals surface area contributed by atoms with Gasteiger partial charge in [-0.1, -0.05) is 11.6 Å². The Morgan fingerprint density at radius 3 is 2.40 bits per heavy atom. The lowest BCUT2D eigenvalue weighted by Crippen LogP contribution is -2.51. The highest BCUT2D eigenvalue weighted by Gasteiger charge is 2.30. The molecule has 0 heterocycles. The molecule has 0 fully saturated rings. The number of amides is 1. The number of hydrogen-bond donors (Lipinski definition) is 2. The Balaban J connectivity index is 2.88. The minimum Gasteiger partial charge on any atom is -0.495 e. The number of anilines is 1. The number of rotatable bonds is 5. The van der Waals surface area contributed by atoms with Gasteiger partial charge in [0, 0.05) is 5.69 Å². The predicted molar refractivity (Wildman–Crippen MR) is 78.7 cm³/mol. The van der Waals surface area contributed by atoms with Crippen molar-refractivity contribution in [1.82, 2.24) is 4.72 Å². The fraction of sp³-hybridized carbons (Fsp3) is 0.417. The largest absolute Gasteiger partial charge is 0.495 e. The van der Waals surface area contributed by atoms with Gasteiger partial charge >= 0.3 is 0 Å². The van der Waals surface area contributed by atoms with Crippen molar-refractivity contribution in [3.8, 4) is 5.75 Å². The average molecular weight is 321 g/mol. The van der Waals surface area contributed by atoms with Gasteiger partial charge in [0.1, 0.15) is 11.3 Å². The molecule has 0 atom stereocenters.